The van der Waals surface area contributed by atoms with Gasteiger partial charge in [0.15, 0.2) is 17.5 Å². The normalized spacial score (nSPS) is 16.0. The lowest BCUT2D eigenvalue weighted by Crippen LogP contribution is -2.36. The Morgan fingerprint density at radius 3 is 2.06 bits per heavy atom. The number of rotatable bonds is 4. The molecule has 0 saturated carbocycles. The van der Waals surface area contributed by atoms with Crippen molar-refractivity contribution in [3.63, 3.8) is 0 Å². The number of thiophene rings is 1. The van der Waals surface area contributed by atoms with Gasteiger partial charge in [0.25, 0.3) is 0 Å². The predicted octanol–water partition coefficient (Wildman–Crippen LogP) is 8.42. The van der Waals surface area contributed by atoms with Crippen LogP contribution in [0.5, 0.6) is 5.75 Å². The molecule has 2 aliphatic rings. The molecule has 4 heterocycles. The Kier molecular flexibility index (Phi) is 6.11. The number of aromatic nitrogens is 4. The monoisotopic (exact) mass is 634 g/mol. The van der Waals surface area contributed by atoms with Crippen LogP contribution in [0.2, 0.25) is 0 Å². The van der Waals surface area contributed by atoms with Crippen molar-refractivity contribution in [2.24, 2.45) is 0 Å². The predicted molar refractivity (Wildman–Crippen MR) is 194 cm³/mol. The zero-order valence-corrected chi connectivity index (χ0v) is 26.4. The van der Waals surface area contributed by atoms with E-state index in [0.717, 1.165) is 49.7 Å². The largest absolute Gasteiger partial charge is 0.485 e. The number of benzene rings is 5. The van der Waals surface area contributed by atoms with Crippen LogP contribution in [0.4, 0.5) is 0 Å². The lowest BCUT2D eigenvalue weighted by Gasteiger charge is -2.17. The molecule has 0 N–H and O–H groups in total. The maximum Gasteiger partial charge on any atom is 0.164 e. The van der Waals surface area contributed by atoms with Crippen LogP contribution in [0, 0.1) is 0 Å². The third-order valence-electron chi connectivity index (χ3n) is 9.30. The van der Waals surface area contributed by atoms with Crippen LogP contribution in [-0.4, -0.2) is 26.0 Å². The van der Waals surface area contributed by atoms with Crippen LogP contribution in [0.25, 0.3) is 77.6 Å². The highest BCUT2D eigenvalue weighted by atomic mass is 32.1. The molecule has 226 valence electrons. The lowest BCUT2D eigenvalue weighted by atomic mass is 9.86. The Morgan fingerprint density at radius 2 is 1.27 bits per heavy atom. The molecule has 8 aromatic rings. The molecule has 5 nitrogen and oxygen atoms in total. The van der Waals surface area contributed by atoms with Crippen LogP contribution in [-0.2, 0) is 0 Å². The summed E-state index contributed by atoms with van der Waals surface area (Å²) in [5.41, 5.74) is 6.13. The summed E-state index contributed by atoms with van der Waals surface area (Å²) in [6.07, 6.45) is 6.08. The van der Waals surface area contributed by atoms with Crippen LogP contribution in [0.15, 0.2) is 134 Å². The maximum atomic E-state index is 6.81. The van der Waals surface area contributed by atoms with E-state index in [1.54, 1.807) is 0 Å². The Labute approximate surface area is 280 Å². The molecular weight excluding hydrogens is 609 g/mol. The van der Waals surface area contributed by atoms with Crippen molar-refractivity contribution in [3.8, 4) is 51.0 Å². The third-order valence-corrected chi connectivity index (χ3v) is 10.4. The highest BCUT2D eigenvalue weighted by Gasteiger charge is 2.37. The Balaban J connectivity index is 1.27. The van der Waals surface area contributed by atoms with Crippen molar-refractivity contribution in [1.29, 1.82) is 0 Å². The van der Waals surface area contributed by atoms with E-state index in [-0.39, 0.29) is 12.0 Å². The fourth-order valence-corrected chi connectivity index (χ4v) is 8.24. The van der Waals surface area contributed by atoms with Gasteiger partial charge >= 0.3 is 0 Å². The van der Waals surface area contributed by atoms with Crippen molar-refractivity contribution in [1.82, 2.24) is 19.9 Å². The van der Waals surface area contributed by atoms with Crippen LogP contribution >= 0.6 is 11.3 Å². The van der Waals surface area contributed by atoms with Crippen LogP contribution < -0.4 is 15.3 Å². The smallest absolute Gasteiger partial charge is 0.164 e. The van der Waals surface area contributed by atoms with E-state index in [0.29, 0.717) is 17.5 Å². The Bertz CT molecular complexity index is 2610. The molecule has 0 bridgehead atoms. The molecule has 1 aliphatic heterocycles. The summed E-state index contributed by atoms with van der Waals surface area (Å²) in [6.45, 7) is 0. The van der Waals surface area contributed by atoms with E-state index >= 15 is 0 Å². The molecule has 6 heteroatoms. The highest BCUT2D eigenvalue weighted by Crippen LogP contribution is 2.49. The van der Waals surface area contributed by atoms with Gasteiger partial charge in [0, 0.05) is 54.5 Å². The third kappa shape index (κ3) is 4.37. The standard InChI is InChI=1S/C42H26N4OS/c1-3-11-25(12-4-1)40-44-41(26-13-5-2-6-14-26)46-42(45-40)32-22-28(29-17-9-19-37-39(29)30-16-7-8-18-36(30)48-37)23-35-38(32)31-21-27-15-10-20-43-33(27)24-34(31)47-35/h1-24,31,34H. The minimum atomic E-state index is -0.182. The average Bonchev–Trinajstić information content (AvgIpc) is 3.72. The van der Waals surface area contributed by atoms with Crippen molar-refractivity contribution in [3.05, 3.63) is 150 Å². The first kappa shape index (κ1) is 27.2. The molecule has 0 amide bonds. The SMILES string of the molecule is C1=c2cccnc2=CC2Oc3cc(-c4cccc5sc6ccccc6c45)cc(-c4nc(-c5ccccc5)nc(-c5ccccc5)n4)c3C12. The van der Waals surface area contributed by atoms with Crippen molar-refractivity contribution < 1.29 is 4.74 Å². The van der Waals surface area contributed by atoms with Crippen LogP contribution in [0.1, 0.15) is 11.5 Å². The topological polar surface area (TPSA) is 60.8 Å². The number of nitrogens with zero attached hydrogens (tertiary/aromatic N) is 4. The van der Waals surface area contributed by atoms with Gasteiger partial charge in [-0.25, -0.2) is 15.0 Å². The van der Waals surface area contributed by atoms with Gasteiger partial charge in [-0.3, -0.25) is 4.98 Å². The van der Waals surface area contributed by atoms with E-state index < -0.39 is 0 Å². The van der Waals surface area contributed by atoms with Gasteiger partial charge < -0.3 is 4.74 Å². The summed E-state index contributed by atoms with van der Waals surface area (Å²) < 4.78 is 9.34. The quantitative estimate of drug-likeness (QED) is 0.195. The van der Waals surface area contributed by atoms with E-state index in [9.17, 15) is 0 Å². The van der Waals surface area contributed by atoms with Gasteiger partial charge in [0.05, 0.1) is 5.35 Å². The van der Waals surface area contributed by atoms with E-state index in [2.05, 4.69) is 77.8 Å². The van der Waals surface area contributed by atoms with Gasteiger partial charge in [-0.1, -0.05) is 103 Å². The maximum absolute atomic E-state index is 6.81. The fourth-order valence-electron chi connectivity index (χ4n) is 7.11. The lowest BCUT2D eigenvalue weighted by molar-refractivity contribution is 0.288. The molecule has 0 radical (unpaired) electrons. The summed E-state index contributed by atoms with van der Waals surface area (Å²) in [6, 6.07) is 44.0. The number of hydrogen-bond donors (Lipinski definition) is 0. The second kappa shape index (κ2) is 10.8. The Hall–Kier alpha value is -5.98. The summed E-state index contributed by atoms with van der Waals surface area (Å²) in [5.74, 6) is 2.72. The first-order chi connectivity index (χ1) is 23.8. The minimum absolute atomic E-state index is 0.0179. The zero-order valence-electron chi connectivity index (χ0n) is 25.6. The van der Waals surface area contributed by atoms with Crippen LogP contribution in [0.3, 0.4) is 0 Å². The molecule has 0 spiro atoms. The van der Waals surface area contributed by atoms with Gasteiger partial charge in [-0.15, -0.1) is 11.3 Å². The molecule has 5 aromatic carbocycles. The minimum Gasteiger partial charge on any atom is -0.485 e. The zero-order chi connectivity index (χ0) is 31.6. The first-order valence-electron chi connectivity index (χ1n) is 16.0. The molecule has 2 atom stereocenters. The van der Waals surface area contributed by atoms with Gasteiger partial charge in [-0.2, -0.15) is 0 Å². The van der Waals surface area contributed by atoms with Gasteiger partial charge in [-0.05, 0) is 52.8 Å². The molecular formula is C42H26N4OS. The molecule has 3 aromatic heterocycles. The molecule has 2 unspecified atom stereocenters. The number of ether oxygens (including phenoxy) is 1. The molecule has 10 rings (SSSR count). The molecule has 0 saturated heterocycles. The van der Waals surface area contributed by atoms with Gasteiger partial charge in [0.1, 0.15) is 11.9 Å². The number of pyridine rings is 1. The summed E-state index contributed by atoms with van der Waals surface area (Å²) in [4.78, 5) is 20.0. The number of hydrogen-bond acceptors (Lipinski definition) is 6. The summed E-state index contributed by atoms with van der Waals surface area (Å²) in [5, 5.41) is 4.55. The summed E-state index contributed by atoms with van der Waals surface area (Å²) in [7, 11) is 0. The second-order valence-corrected chi connectivity index (χ2v) is 13.3. The van der Waals surface area contributed by atoms with Gasteiger partial charge in [0.2, 0.25) is 0 Å². The molecule has 48 heavy (non-hydrogen) atoms. The average molecular weight is 635 g/mol. The fraction of sp³-hybridized carbons (Fsp3) is 0.0476. The van der Waals surface area contributed by atoms with E-state index in [4.69, 9.17) is 19.7 Å². The van der Waals surface area contributed by atoms with Crippen molar-refractivity contribution in [2.45, 2.75) is 12.0 Å². The molecule has 0 fully saturated rings. The first-order valence-corrected chi connectivity index (χ1v) is 16.9. The second-order valence-electron chi connectivity index (χ2n) is 12.2. The van der Waals surface area contributed by atoms with E-state index in [1.165, 1.54) is 20.2 Å². The van der Waals surface area contributed by atoms with Crippen molar-refractivity contribution in [2.75, 3.05) is 0 Å². The summed E-state index contributed by atoms with van der Waals surface area (Å²) >= 11 is 1.82. The van der Waals surface area contributed by atoms with E-state index in [1.807, 2.05) is 84.3 Å². The van der Waals surface area contributed by atoms with Crippen molar-refractivity contribution >= 4 is 43.7 Å². The number of fused-ring (bicyclic) bond motifs is 7. The Morgan fingerprint density at radius 1 is 0.562 bits per heavy atom. The molecule has 1 aliphatic carbocycles. The highest BCUT2D eigenvalue weighted by molar-refractivity contribution is 7.25.